The number of nitrogens with zero attached hydrogens (tertiary/aromatic N) is 2. The van der Waals surface area contributed by atoms with E-state index in [0.29, 0.717) is 5.82 Å². The molecule has 4 heteroatoms. The van der Waals surface area contributed by atoms with Crippen LogP contribution in [0.2, 0.25) is 0 Å². The van der Waals surface area contributed by atoms with Crippen LogP contribution in [0.4, 0.5) is 0 Å². The Labute approximate surface area is 56.5 Å². The van der Waals surface area contributed by atoms with Gasteiger partial charge in [0.2, 0.25) is 0 Å². The molecule has 0 bridgehead atoms. The molecule has 4 nitrogen and oxygen atoms in total. The molecule has 0 aromatic carbocycles. The molecule has 0 amide bonds. The van der Waals surface area contributed by atoms with Crippen LogP contribution in [0.3, 0.4) is 0 Å². The van der Waals surface area contributed by atoms with E-state index < -0.39 is 0 Å². The normalized spacial score (nSPS) is 10.4. The summed E-state index contributed by atoms with van der Waals surface area (Å²) in [7, 11) is 0. The fraction of sp³-hybridized carbons (Fsp3) is 0. The van der Waals surface area contributed by atoms with E-state index in [4.69, 9.17) is 0 Å². The van der Waals surface area contributed by atoms with Gasteiger partial charge in [-0.25, -0.2) is 4.98 Å². The number of carbonyl (C=O) groups excluding carboxylic acids is 1. The first-order valence-electron chi connectivity index (χ1n) is 2.87. The van der Waals surface area contributed by atoms with Gasteiger partial charge in [-0.15, -0.1) is 0 Å². The maximum atomic E-state index is 10.3. The van der Waals surface area contributed by atoms with Gasteiger partial charge >= 0.3 is 0 Å². The van der Waals surface area contributed by atoms with Crippen LogP contribution in [0.1, 0.15) is 10.6 Å². The molecule has 0 aliphatic heterocycles. The SMILES string of the molecule is O=Cc1ncc2[nH]ccn12. The summed E-state index contributed by atoms with van der Waals surface area (Å²) < 4.78 is 1.69. The zero-order chi connectivity index (χ0) is 6.97. The zero-order valence-electron chi connectivity index (χ0n) is 5.11. The molecule has 1 N–H and O–H groups in total. The minimum Gasteiger partial charge on any atom is -0.345 e. The minimum atomic E-state index is 0.427. The fourth-order valence-corrected chi connectivity index (χ4v) is 0.923. The first kappa shape index (κ1) is 5.22. The Balaban J connectivity index is 2.88. The number of hydrogen-bond donors (Lipinski definition) is 1. The van der Waals surface area contributed by atoms with Gasteiger partial charge in [-0.2, -0.15) is 0 Å². The predicted molar refractivity (Wildman–Crippen MR) is 34.9 cm³/mol. The first-order chi connectivity index (χ1) is 4.92. The molecular formula is C6H5N3O. The summed E-state index contributed by atoms with van der Waals surface area (Å²) in [5.74, 6) is 0.427. The Bertz CT molecular complexity index is 360. The lowest BCUT2D eigenvalue weighted by molar-refractivity contribution is 0.111. The van der Waals surface area contributed by atoms with Crippen LogP contribution in [0.15, 0.2) is 18.6 Å². The Morgan fingerprint density at radius 1 is 1.70 bits per heavy atom. The molecule has 0 fully saturated rings. The molecule has 2 rings (SSSR count). The smallest absolute Gasteiger partial charge is 0.185 e. The highest BCUT2D eigenvalue weighted by Gasteiger charge is 1.99. The molecular weight excluding hydrogens is 130 g/mol. The molecule has 0 spiro atoms. The van der Waals surface area contributed by atoms with E-state index in [1.54, 1.807) is 23.0 Å². The van der Waals surface area contributed by atoms with Crippen molar-refractivity contribution in [3.8, 4) is 0 Å². The van der Waals surface area contributed by atoms with Crippen LogP contribution in [-0.2, 0) is 0 Å². The van der Waals surface area contributed by atoms with Crippen molar-refractivity contribution in [3.05, 3.63) is 24.4 Å². The third kappa shape index (κ3) is 0.500. The molecule has 50 valence electrons. The van der Waals surface area contributed by atoms with Crippen molar-refractivity contribution in [1.82, 2.24) is 14.4 Å². The second kappa shape index (κ2) is 1.70. The molecule has 0 saturated carbocycles. The quantitative estimate of drug-likeness (QED) is 0.578. The molecule has 2 aromatic heterocycles. The van der Waals surface area contributed by atoms with Gasteiger partial charge in [0, 0.05) is 12.4 Å². The largest absolute Gasteiger partial charge is 0.345 e. The number of carbonyl (C=O) groups is 1. The standard InChI is InChI=1S/C6H5N3O/c10-4-6-8-3-5-7-1-2-9(5)6/h1-4,7H. The van der Waals surface area contributed by atoms with E-state index in [1.807, 2.05) is 0 Å². The highest BCUT2D eigenvalue weighted by Crippen LogP contribution is 2.00. The van der Waals surface area contributed by atoms with Crippen molar-refractivity contribution in [2.75, 3.05) is 0 Å². The summed E-state index contributed by atoms with van der Waals surface area (Å²) in [4.78, 5) is 17.0. The zero-order valence-corrected chi connectivity index (χ0v) is 5.11. The Morgan fingerprint density at radius 3 is 3.40 bits per heavy atom. The van der Waals surface area contributed by atoms with Crippen LogP contribution in [0.5, 0.6) is 0 Å². The summed E-state index contributed by atoms with van der Waals surface area (Å²) in [5, 5.41) is 0. The lowest BCUT2D eigenvalue weighted by atomic mass is 10.7. The van der Waals surface area contributed by atoms with Crippen LogP contribution in [-0.4, -0.2) is 20.7 Å². The molecule has 2 aromatic rings. The predicted octanol–water partition coefficient (Wildman–Crippen LogP) is 0.475. The van der Waals surface area contributed by atoms with Crippen molar-refractivity contribution in [2.24, 2.45) is 0 Å². The molecule has 10 heavy (non-hydrogen) atoms. The van der Waals surface area contributed by atoms with E-state index >= 15 is 0 Å². The van der Waals surface area contributed by atoms with Gasteiger partial charge in [-0.3, -0.25) is 9.20 Å². The minimum absolute atomic E-state index is 0.427. The maximum absolute atomic E-state index is 10.3. The van der Waals surface area contributed by atoms with Crippen LogP contribution in [0.25, 0.3) is 5.65 Å². The number of aromatic nitrogens is 3. The third-order valence-corrected chi connectivity index (χ3v) is 1.39. The molecule has 0 saturated heterocycles. The first-order valence-corrected chi connectivity index (χ1v) is 2.87. The van der Waals surface area contributed by atoms with Crippen LogP contribution in [0, 0.1) is 0 Å². The third-order valence-electron chi connectivity index (χ3n) is 1.39. The molecule has 0 aliphatic rings. The Hall–Kier alpha value is -1.58. The number of hydrogen-bond acceptors (Lipinski definition) is 2. The highest BCUT2D eigenvalue weighted by atomic mass is 16.1. The Morgan fingerprint density at radius 2 is 2.60 bits per heavy atom. The van der Waals surface area contributed by atoms with E-state index in [0.717, 1.165) is 11.9 Å². The van der Waals surface area contributed by atoms with Crippen molar-refractivity contribution in [3.63, 3.8) is 0 Å². The van der Waals surface area contributed by atoms with E-state index in [9.17, 15) is 4.79 Å². The molecule has 0 atom stereocenters. The number of nitrogens with one attached hydrogen (secondary N) is 1. The van der Waals surface area contributed by atoms with Gasteiger partial charge in [0.25, 0.3) is 0 Å². The highest BCUT2D eigenvalue weighted by molar-refractivity contribution is 5.71. The van der Waals surface area contributed by atoms with Gasteiger partial charge in [0.15, 0.2) is 12.1 Å². The van der Waals surface area contributed by atoms with E-state index in [2.05, 4.69) is 9.97 Å². The average Bonchev–Trinajstić information content (AvgIpc) is 2.44. The lowest BCUT2D eigenvalue weighted by Crippen LogP contribution is -1.87. The summed E-state index contributed by atoms with van der Waals surface area (Å²) in [6.45, 7) is 0. The average molecular weight is 135 g/mol. The second-order valence-electron chi connectivity index (χ2n) is 1.95. The number of aldehydes is 1. The van der Waals surface area contributed by atoms with Gasteiger partial charge in [-0.05, 0) is 0 Å². The Kier molecular flexibility index (Phi) is 0.887. The van der Waals surface area contributed by atoms with Crippen LogP contribution < -0.4 is 0 Å². The van der Waals surface area contributed by atoms with Crippen molar-refractivity contribution >= 4 is 11.9 Å². The number of aromatic amines is 1. The monoisotopic (exact) mass is 135 g/mol. The van der Waals surface area contributed by atoms with Gasteiger partial charge in [0.05, 0.1) is 6.20 Å². The van der Waals surface area contributed by atoms with E-state index in [-0.39, 0.29) is 0 Å². The van der Waals surface area contributed by atoms with Gasteiger partial charge in [0.1, 0.15) is 5.65 Å². The fourth-order valence-electron chi connectivity index (χ4n) is 0.923. The number of H-pyrrole nitrogens is 1. The van der Waals surface area contributed by atoms with E-state index in [1.165, 1.54) is 0 Å². The summed E-state index contributed by atoms with van der Waals surface area (Å²) in [6, 6.07) is 0. The molecule has 0 aliphatic carbocycles. The summed E-state index contributed by atoms with van der Waals surface area (Å²) in [6.07, 6.45) is 5.85. The number of rotatable bonds is 1. The van der Waals surface area contributed by atoms with Crippen molar-refractivity contribution in [1.29, 1.82) is 0 Å². The lowest BCUT2D eigenvalue weighted by Gasteiger charge is -1.81. The number of fused-ring (bicyclic) bond motifs is 1. The topological polar surface area (TPSA) is 50.2 Å². The van der Waals surface area contributed by atoms with Gasteiger partial charge < -0.3 is 4.98 Å². The molecule has 0 unspecified atom stereocenters. The number of imidazole rings is 2. The van der Waals surface area contributed by atoms with Crippen molar-refractivity contribution < 1.29 is 4.79 Å². The summed E-state index contributed by atoms with van der Waals surface area (Å²) in [5.41, 5.74) is 0.835. The molecule has 2 heterocycles. The van der Waals surface area contributed by atoms with Crippen LogP contribution >= 0.6 is 0 Å². The second-order valence-corrected chi connectivity index (χ2v) is 1.95. The summed E-state index contributed by atoms with van der Waals surface area (Å²) >= 11 is 0. The van der Waals surface area contributed by atoms with Crippen molar-refractivity contribution in [2.45, 2.75) is 0 Å². The molecule has 0 radical (unpaired) electrons. The maximum Gasteiger partial charge on any atom is 0.185 e. The van der Waals surface area contributed by atoms with Gasteiger partial charge in [-0.1, -0.05) is 0 Å².